The van der Waals surface area contributed by atoms with Gasteiger partial charge in [-0.1, -0.05) is 19.1 Å². The highest BCUT2D eigenvalue weighted by Crippen LogP contribution is 2.15. The third kappa shape index (κ3) is 3.42. The van der Waals surface area contributed by atoms with Gasteiger partial charge in [-0.05, 0) is 24.1 Å². The molecule has 2 rings (SSSR count). The molecule has 0 fully saturated rings. The van der Waals surface area contributed by atoms with E-state index in [1.807, 2.05) is 12.1 Å². The molecular weight excluding hydrogens is 234 g/mol. The van der Waals surface area contributed by atoms with Crippen LogP contribution in [0.5, 0.6) is 5.75 Å². The van der Waals surface area contributed by atoms with Gasteiger partial charge in [0.15, 0.2) is 0 Å². The number of anilines is 1. The third-order valence-electron chi connectivity index (χ3n) is 2.32. The Labute approximate surface area is 105 Å². The molecule has 0 atom stereocenters. The molecule has 4 nitrogen and oxygen atoms in total. The summed E-state index contributed by atoms with van der Waals surface area (Å²) in [6.07, 6.45) is 1.99. The Morgan fingerprint density at radius 3 is 2.76 bits per heavy atom. The van der Waals surface area contributed by atoms with Gasteiger partial charge in [0, 0.05) is 24.5 Å². The molecule has 0 aliphatic carbocycles. The Kier molecular flexibility index (Phi) is 3.93. The molecule has 17 heavy (non-hydrogen) atoms. The number of aromatic nitrogens is 2. The van der Waals surface area contributed by atoms with Crippen molar-refractivity contribution in [1.82, 2.24) is 9.36 Å². The minimum Gasteiger partial charge on any atom is -0.508 e. The van der Waals surface area contributed by atoms with E-state index in [1.54, 1.807) is 12.1 Å². The second kappa shape index (κ2) is 5.63. The Bertz CT molecular complexity index is 467. The molecule has 1 aromatic carbocycles. The zero-order chi connectivity index (χ0) is 12.1. The van der Waals surface area contributed by atoms with E-state index in [0.29, 0.717) is 6.54 Å². The summed E-state index contributed by atoms with van der Waals surface area (Å²) < 4.78 is 4.26. The molecule has 0 aliphatic rings. The lowest BCUT2D eigenvalue weighted by Gasteiger charge is -2.02. The van der Waals surface area contributed by atoms with E-state index in [0.717, 1.165) is 29.4 Å². The number of nitrogens with one attached hydrogen (secondary N) is 1. The van der Waals surface area contributed by atoms with Crippen LogP contribution in [-0.2, 0) is 13.0 Å². The molecule has 0 amide bonds. The highest BCUT2D eigenvalue weighted by atomic mass is 32.1. The minimum atomic E-state index is 0.287. The molecule has 0 saturated carbocycles. The lowest BCUT2D eigenvalue weighted by Crippen LogP contribution is -1.98. The number of hydrogen-bond donors (Lipinski definition) is 2. The molecule has 90 valence electrons. The minimum absolute atomic E-state index is 0.287. The number of hydrogen-bond acceptors (Lipinski definition) is 5. The van der Waals surface area contributed by atoms with Crippen molar-refractivity contribution in [2.24, 2.45) is 0 Å². The van der Waals surface area contributed by atoms with Crippen LogP contribution in [0.3, 0.4) is 0 Å². The van der Waals surface area contributed by atoms with Crippen LogP contribution in [0.2, 0.25) is 0 Å². The van der Waals surface area contributed by atoms with Crippen LogP contribution in [0.15, 0.2) is 24.3 Å². The number of phenolic OH excluding ortho intramolecular Hbond substituents is 1. The van der Waals surface area contributed by atoms with Crippen molar-refractivity contribution in [3.8, 4) is 5.75 Å². The first-order valence-corrected chi connectivity index (χ1v) is 6.39. The van der Waals surface area contributed by atoms with Gasteiger partial charge in [0.05, 0.1) is 0 Å². The zero-order valence-electron chi connectivity index (χ0n) is 9.68. The number of nitrogens with zero attached hydrogens (tertiary/aromatic N) is 2. The molecule has 0 spiro atoms. The van der Waals surface area contributed by atoms with E-state index in [-0.39, 0.29) is 5.75 Å². The average molecular weight is 249 g/mol. The van der Waals surface area contributed by atoms with Crippen molar-refractivity contribution in [2.75, 3.05) is 5.32 Å². The van der Waals surface area contributed by atoms with Gasteiger partial charge in [-0.15, -0.1) is 0 Å². The number of aryl methyl sites for hydroxylation is 1. The summed E-state index contributed by atoms with van der Waals surface area (Å²) in [6, 6.07) is 7.13. The molecule has 1 heterocycles. The largest absolute Gasteiger partial charge is 0.508 e. The summed E-state index contributed by atoms with van der Waals surface area (Å²) in [7, 11) is 0. The van der Waals surface area contributed by atoms with Gasteiger partial charge in [-0.3, -0.25) is 0 Å². The van der Waals surface area contributed by atoms with Crippen LogP contribution in [0, 0.1) is 0 Å². The first-order valence-electron chi connectivity index (χ1n) is 5.62. The zero-order valence-corrected chi connectivity index (χ0v) is 10.5. The first-order chi connectivity index (χ1) is 8.28. The molecule has 2 aromatic rings. The van der Waals surface area contributed by atoms with Crippen LogP contribution in [-0.4, -0.2) is 14.5 Å². The molecular formula is C12H15N3OS. The second-order valence-electron chi connectivity index (χ2n) is 3.79. The summed E-state index contributed by atoms with van der Waals surface area (Å²) in [6.45, 7) is 2.81. The smallest absolute Gasteiger partial charge is 0.202 e. The average Bonchev–Trinajstić information content (AvgIpc) is 2.77. The van der Waals surface area contributed by atoms with Crippen molar-refractivity contribution >= 4 is 16.7 Å². The predicted octanol–water partition coefficient (Wildman–Crippen LogP) is 2.81. The molecule has 0 unspecified atom stereocenters. The molecule has 0 saturated heterocycles. The maximum atomic E-state index is 9.16. The molecule has 1 aromatic heterocycles. The number of aromatic hydroxyl groups is 1. The van der Waals surface area contributed by atoms with Gasteiger partial charge in [-0.25, -0.2) is 4.98 Å². The molecule has 0 bridgehead atoms. The maximum Gasteiger partial charge on any atom is 0.202 e. The predicted molar refractivity (Wildman–Crippen MR) is 69.3 cm³/mol. The SMILES string of the molecule is CCCc1nsc(NCc2ccc(O)cc2)n1. The van der Waals surface area contributed by atoms with Crippen LogP contribution in [0.25, 0.3) is 0 Å². The van der Waals surface area contributed by atoms with Crippen molar-refractivity contribution in [3.63, 3.8) is 0 Å². The van der Waals surface area contributed by atoms with Gasteiger partial charge in [0.25, 0.3) is 0 Å². The molecule has 0 aliphatic heterocycles. The van der Waals surface area contributed by atoms with Gasteiger partial charge < -0.3 is 10.4 Å². The van der Waals surface area contributed by atoms with E-state index in [4.69, 9.17) is 5.11 Å². The first kappa shape index (κ1) is 11.9. The normalized spacial score (nSPS) is 10.4. The van der Waals surface area contributed by atoms with Crippen molar-refractivity contribution in [2.45, 2.75) is 26.3 Å². The fourth-order valence-electron chi connectivity index (χ4n) is 1.44. The Balaban J connectivity index is 1.90. The van der Waals surface area contributed by atoms with Crippen LogP contribution < -0.4 is 5.32 Å². The van der Waals surface area contributed by atoms with Gasteiger partial charge >= 0.3 is 0 Å². The lowest BCUT2D eigenvalue weighted by atomic mass is 10.2. The summed E-state index contributed by atoms with van der Waals surface area (Å²) in [5, 5.41) is 13.2. The van der Waals surface area contributed by atoms with E-state index in [2.05, 4.69) is 21.6 Å². The van der Waals surface area contributed by atoms with E-state index in [1.165, 1.54) is 11.5 Å². The monoisotopic (exact) mass is 249 g/mol. The fraction of sp³-hybridized carbons (Fsp3) is 0.333. The summed E-state index contributed by atoms with van der Waals surface area (Å²) in [5.41, 5.74) is 1.11. The van der Waals surface area contributed by atoms with Gasteiger partial charge in [0.1, 0.15) is 11.6 Å². The van der Waals surface area contributed by atoms with E-state index in [9.17, 15) is 0 Å². The standard InChI is InChI=1S/C12H15N3OS/c1-2-3-11-14-12(17-15-11)13-8-9-4-6-10(16)7-5-9/h4-7,16H,2-3,8H2,1H3,(H,13,14,15). The highest BCUT2D eigenvalue weighted by Gasteiger charge is 2.02. The summed E-state index contributed by atoms with van der Waals surface area (Å²) in [4.78, 5) is 4.38. The lowest BCUT2D eigenvalue weighted by molar-refractivity contribution is 0.475. The number of benzene rings is 1. The van der Waals surface area contributed by atoms with Crippen LogP contribution in [0.4, 0.5) is 5.13 Å². The van der Waals surface area contributed by atoms with Crippen molar-refractivity contribution in [3.05, 3.63) is 35.7 Å². The number of rotatable bonds is 5. The Hall–Kier alpha value is -1.62. The molecule has 0 radical (unpaired) electrons. The van der Waals surface area contributed by atoms with Crippen molar-refractivity contribution in [1.29, 1.82) is 0 Å². The van der Waals surface area contributed by atoms with Crippen LogP contribution in [0.1, 0.15) is 24.7 Å². The quantitative estimate of drug-likeness (QED) is 0.855. The summed E-state index contributed by atoms with van der Waals surface area (Å²) >= 11 is 1.39. The fourth-order valence-corrected chi connectivity index (χ4v) is 2.05. The summed E-state index contributed by atoms with van der Waals surface area (Å²) in [5.74, 6) is 1.20. The Morgan fingerprint density at radius 1 is 1.29 bits per heavy atom. The molecule has 2 N–H and O–H groups in total. The highest BCUT2D eigenvalue weighted by molar-refractivity contribution is 7.09. The maximum absolute atomic E-state index is 9.16. The van der Waals surface area contributed by atoms with E-state index < -0.39 is 0 Å². The van der Waals surface area contributed by atoms with Crippen molar-refractivity contribution < 1.29 is 5.11 Å². The molecule has 5 heteroatoms. The topological polar surface area (TPSA) is 58.0 Å². The third-order valence-corrected chi connectivity index (χ3v) is 3.03. The Morgan fingerprint density at radius 2 is 2.06 bits per heavy atom. The van der Waals surface area contributed by atoms with E-state index >= 15 is 0 Å². The van der Waals surface area contributed by atoms with Gasteiger partial charge in [-0.2, -0.15) is 4.37 Å². The van der Waals surface area contributed by atoms with Crippen LogP contribution >= 0.6 is 11.5 Å². The number of phenols is 1. The second-order valence-corrected chi connectivity index (χ2v) is 4.54. The van der Waals surface area contributed by atoms with Gasteiger partial charge in [0.2, 0.25) is 5.13 Å².